The molecule has 6 nitrogen and oxygen atoms in total. The van der Waals surface area contributed by atoms with Gasteiger partial charge in [0.05, 0.1) is 24.7 Å². The minimum atomic E-state index is -0.0704. The molecule has 1 aliphatic rings. The first-order valence-electron chi connectivity index (χ1n) is 8.74. The van der Waals surface area contributed by atoms with Crippen molar-refractivity contribution in [1.29, 1.82) is 0 Å². The molecule has 0 fully saturated rings. The number of fused-ring (bicyclic) bond motifs is 3. The number of hydrogen-bond donors (Lipinski definition) is 1. The fourth-order valence-electron chi connectivity index (χ4n) is 3.48. The maximum atomic E-state index is 11.2. The van der Waals surface area contributed by atoms with Gasteiger partial charge in [-0.1, -0.05) is 12.1 Å². The Balaban J connectivity index is 1.53. The summed E-state index contributed by atoms with van der Waals surface area (Å²) in [4.78, 5) is 18.4. The molecule has 0 saturated carbocycles. The zero-order valence-electron chi connectivity index (χ0n) is 15.0. The highest BCUT2D eigenvalue weighted by atomic mass is 16.5. The van der Waals surface area contributed by atoms with Crippen LogP contribution < -0.4 is 10.1 Å². The molecule has 3 aromatic rings. The third-order valence-corrected chi connectivity index (χ3v) is 4.72. The van der Waals surface area contributed by atoms with E-state index in [0.717, 1.165) is 54.5 Å². The highest BCUT2D eigenvalue weighted by molar-refractivity contribution is 5.91. The number of carbonyl (C=O) groups excluding carboxylic acids is 1. The van der Waals surface area contributed by atoms with Crippen LogP contribution in [0.1, 0.15) is 18.3 Å². The van der Waals surface area contributed by atoms with E-state index in [-0.39, 0.29) is 5.91 Å². The van der Waals surface area contributed by atoms with Gasteiger partial charge in [-0.15, -0.1) is 0 Å². The van der Waals surface area contributed by atoms with Crippen LogP contribution in [0.25, 0.3) is 11.0 Å². The standard InChI is InChI=1S/C20H22N4O2/c1-14(25)21-16-5-8-19-18(11-16)22-20-13-23(9-10-24(19)20)12-15-3-6-17(26-2)7-4-15/h3-8,11H,9-10,12-13H2,1-2H3,(H,21,25). The van der Waals surface area contributed by atoms with Gasteiger partial charge in [0.15, 0.2) is 0 Å². The molecule has 1 amide bonds. The number of hydrogen-bond acceptors (Lipinski definition) is 4. The van der Waals surface area contributed by atoms with Crippen molar-refractivity contribution in [2.24, 2.45) is 0 Å². The molecule has 2 aromatic carbocycles. The number of benzene rings is 2. The van der Waals surface area contributed by atoms with Crippen molar-refractivity contribution in [1.82, 2.24) is 14.5 Å². The maximum Gasteiger partial charge on any atom is 0.221 e. The van der Waals surface area contributed by atoms with Crippen molar-refractivity contribution in [2.45, 2.75) is 26.6 Å². The molecule has 26 heavy (non-hydrogen) atoms. The summed E-state index contributed by atoms with van der Waals surface area (Å²) < 4.78 is 7.49. The largest absolute Gasteiger partial charge is 0.497 e. The van der Waals surface area contributed by atoms with Gasteiger partial charge in [0.2, 0.25) is 5.91 Å². The molecule has 1 N–H and O–H groups in total. The molecule has 0 aliphatic carbocycles. The van der Waals surface area contributed by atoms with Crippen LogP contribution in [0.5, 0.6) is 5.75 Å². The lowest BCUT2D eigenvalue weighted by molar-refractivity contribution is -0.114. The summed E-state index contributed by atoms with van der Waals surface area (Å²) in [5, 5.41) is 2.82. The van der Waals surface area contributed by atoms with E-state index in [2.05, 4.69) is 26.9 Å². The molecule has 0 saturated heterocycles. The van der Waals surface area contributed by atoms with Crippen molar-refractivity contribution >= 4 is 22.6 Å². The first-order chi connectivity index (χ1) is 12.6. The van der Waals surface area contributed by atoms with E-state index >= 15 is 0 Å². The van der Waals surface area contributed by atoms with Gasteiger partial charge in [-0.25, -0.2) is 4.98 Å². The second kappa shape index (κ2) is 6.80. The number of aromatic nitrogens is 2. The third-order valence-electron chi connectivity index (χ3n) is 4.72. The van der Waals surface area contributed by atoms with E-state index in [4.69, 9.17) is 9.72 Å². The highest BCUT2D eigenvalue weighted by Crippen LogP contribution is 2.24. The normalized spacial score (nSPS) is 14.2. The molecule has 0 bridgehead atoms. The molecule has 0 radical (unpaired) electrons. The lowest BCUT2D eigenvalue weighted by atomic mass is 10.2. The number of amides is 1. The Labute approximate surface area is 152 Å². The van der Waals surface area contributed by atoms with Crippen LogP contribution in [0, 0.1) is 0 Å². The average molecular weight is 350 g/mol. The molecule has 134 valence electrons. The van der Waals surface area contributed by atoms with Crippen LogP contribution in [-0.2, 0) is 24.4 Å². The Kier molecular flexibility index (Phi) is 4.34. The predicted octanol–water partition coefficient (Wildman–Crippen LogP) is 3.02. The average Bonchev–Trinajstić information content (AvgIpc) is 2.98. The van der Waals surface area contributed by atoms with Crippen molar-refractivity contribution in [3.05, 3.63) is 53.9 Å². The minimum absolute atomic E-state index is 0.0704. The van der Waals surface area contributed by atoms with Crippen molar-refractivity contribution < 1.29 is 9.53 Å². The first kappa shape index (κ1) is 16.6. The van der Waals surface area contributed by atoms with Gasteiger partial charge in [-0.2, -0.15) is 0 Å². The Bertz CT molecular complexity index is 946. The van der Waals surface area contributed by atoms with Gasteiger partial charge in [0, 0.05) is 32.2 Å². The third kappa shape index (κ3) is 3.28. The number of methoxy groups -OCH3 is 1. The number of nitrogens with zero attached hydrogens (tertiary/aromatic N) is 3. The summed E-state index contributed by atoms with van der Waals surface area (Å²) in [6, 6.07) is 14.1. The van der Waals surface area contributed by atoms with E-state index in [1.165, 1.54) is 12.5 Å². The summed E-state index contributed by atoms with van der Waals surface area (Å²) in [6.07, 6.45) is 0. The molecule has 0 atom stereocenters. The topological polar surface area (TPSA) is 59.4 Å². The smallest absolute Gasteiger partial charge is 0.221 e. The van der Waals surface area contributed by atoms with E-state index in [9.17, 15) is 4.79 Å². The van der Waals surface area contributed by atoms with Crippen LogP contribution in [0.3, 0.4) is 0 Å². The second-order valence-corrected chi connectivity index (χ2v) is 6.62. The fraction of sp³-hybridized carbons (Fsp3) is 0.300. The van der Waals surface area contributed by atoms with Crippen LogP contribution in [0.4, 0.5) is 5.69 Å². The number of rotatable bonds is 4. The Morgan fingerprint density at radius 3 is 2.73 bits per heavy atom. The fourth-order valence-corrected chi connectivity index (χ4v) is 3.48. The molecule has 1 aliphatic heterocycles. The molecular weight excluding hydrogens is 328 g/mol. The minimum Gasteiger partial charge on any atom is -0.497 e. The summed E-state index contributed by atoms with van der Waals surface area (Å²) >= 11 is 0. The zero-order valence-corrected chi connectivity index (χ0v) is 15.0. The summed E-state index contributed by atoms with van der Waals surface area (Å²) in [5.74, 6) is 1.88. The van der Waals surface area contributed by atoms with Gasteiger partial charge in [-0.3, -0.25) is 9.69 Å². The molecular formula is C20H22N4O2. The van der Waals surface area contributed by atoms with Crippen molar-refractivity contribution in [2.75, 3.05) is 19.0 Å². The Morgan fingerprint density at radius 2 is 2.00 bits per heavy atom. The van der Waals surface area contributed by atoms with Crippen LogP contribution >= 0.6 is 0 Å². The Hall–Kier alpha value is -2.86. The maximum absolute atomic E-state index is 11.2. The summed E-state index contributed by atoms with van der Waals surface area (Å²) in [5.41, 5.74) is 4.11. The SMILES string of the molecule is COc1ccc(CN2CCn3c(nc4cc(NC(C)=O)ccc43)C2)cc1. The number of ether oxygens (including phenoxy) is 1. The van der Waals surface area contributed by atoms with E-state index < -0.39 is 0 Å². The predicted molar refractivity (Wildman–Crippen MR) is 101 cm³/mol. The molecule has 6 heteroatoms. The van der Waals surface area contributed by atoms with Crippen molar-refractivity contribution in [3.63, 3.8) is 0 Å². The van der Waals surface area contributed by atoms with E-state index in [1.807, 2.05) is 30.3 Å². The summed E-state index contributed by atoms with van der Waals surface area (Å²) in [7, 11) is 1.68. The molecule has 1 aromatic heterocycles. The Morgan fingerprint density at radius 1 is 1.19 bits per heavy atom. The molecule has 2 heterocycles. The van der Waals surface area contributed by atoms with Crippen LogP contribution in [-0.4, -0.2) is 34.0 Å². The van der Waals surface area contributed by atoms with Crippen LogP contribution in [0.2, 0.25) is 0 Å². The lowest BCUT2D eigenvalue weighted by Gasteiger charge is -2.27. The van der Waals surface area contributed by atoms with Gasteiger partial charge in [0.1, 0.15) is 11.6 Å². The van der Waals surface area contributed by atoms with E-state index in [1.54, 1.807) is 7.11 Å². The number of imidazole rings is 1. The second-order valence-electron chi connectivity index (χ2n) is 6.62. The molecule has 4 rings (SSSR count). The van der Waals surface area contributed by atoms with Crippen LogP contribution in [0.15, 0.2) is 42.5 Å². The van der Waals surface area contributed by atoms with Gasteiger partial charge in [0.25, 0.3) is 0 Å². The first-order valence-corrected chi connectivity index (χ1v) is 8.74. The summed E-state index contributed by atoms with van der Waals surface area (Å²) in [6.45, 7) is 5.12. The molecule has 0 spiro atoms. The zero-order chi connectivity index (χ0) is 18.1. The number of nitrogens with one attached hydrogen (secondary N) is 1. The highest BCUT2D eigenvalue weighted by Gasteiger charge is 2.20. The number of carbonyl (C=O) groups is 1. The number of anilines is 1. The van der Waals surface area contributed by atoms with Crippen molar-refractivity contribution in [3.8, 4) is 5.75 Å². The quantitative estimate of drug-likeness (QED) is 0.786. The molecule has 0 unspecified atom stereocenters. The van der Waals surface area contributed by atoms with E-state index in [0.29, 0.717) is 0 Å². The van der Waals surface area contributed by atoms with Gasteiger partial charge in [-0.05, 0) is 35.9 Å². The van der Waals surface area contributed by atoms with Gasteiger partial charge >= 0.3 is 0 Å². The lowest BCUT2D eigenvalue weighted by Crippen LogP contribution is -2.33. The van der Waals surface area contributed by atoms with Gasteiger partial charge < -0.3 is 14.6 Å². The monoisotopic (exact) mass is 350 g/mol.